The fourth-order valence-corrected chi connectivity index (χ4v) is 6.20. The van der Waals surface area contributed by atoms with Gasteiger partial charge in [0.25, 0.3) is 5.91 Å². The number of guanidine groups is 1. The van der Waals surface area contributed by atoms with Crippen LogP contribution in [0.4, 0.5) is 5.82 Å². The number of carbonyl (C=O) groups is 5. The van der Waals surface area contributed by atoms with E-state index in [1.807, 2.05) is 60.7 Å². The van der Waals surface area contributed by atoms with Crippen molar-refractivity contribution in [2.75, 3.05) is 11.9 Å². The number of rotatable bonds is 17. The van der Waals surface area contributed by atoms with Gasteiger partial charge in [-0.05, 0) is 61.9 Å². The van der Waals surface area contributed by atoms with Crippen LogP contribution in [0.5, 0.6) is 0 Å². The molecule has 1 aromatic heterocycles. The number of benzene rings is 2. The number of pyridine rings is 1. The number of aromatic nitrogens is 1. The molecule has 1 aliphatic carbocycles. The van der Waals surface area contributed by atoms with Crippen LogP contribution in [0.1, 0.15) is 73.4 Å². The van der Waals surface area contributed by atoms with Crippen LogP contribution in [-0.2, 0) is 25.6 Å². The maximum Gasteiger partial charge on any atom is 0.256 e. The quantitative estimate of drug-likeness (QED) is 0.0524. The van der Waals surface area contributed by atoms with E-state index in [1.54, 1.807) is 24.0 Å². The van der Waals surface area contributed by atoms with Crippen LogP contribution in [-0.4, -0.2) is 76.1 Å². The van der Waals surface area contributed by atoms with Gasteiger partial charge in [-0.15, -0.1) is 0 Å². The van der Waals surface area contributed by atoms with Crippen LogP contribution in [0.15, 0.2) is 90.1 Å². The van der Waals surface area contributed by atoms with Crippen molar-refractivity contribution < 1.29 is 24.0 Å². The highest BCUT2D eigenvalue weighted by Crippen LogP contribution is 2.26. The molecule has 1 heterocycles. The number of hydrogen-bond donors (Lipinski definition) is 6. The van der Waals surface area contributed by atoms with Gasteiger partial charge in [-0.25, -0.2) is 4.98 Å². The largest absolute Gasteiger partial charge is 0.370 e. The monoisotopic (exact) mass is 723 g/mol. The fraction of sp³-hybridized carbons (Fsp3) is 0.359. The van der Waals surface area contributed by atoms with Crippen LogP contribution in [0.2, 0.25) is 0 Å². The zero-order chi connectivity index (χ0) is 38.2. The first-order valence-corrected chi connectivity index (χ1v) is 17.8. The molecule has 3 atom stereocenters. The average Bonchev–Trinajstić information content (AvgIpc) is 3.16. The van der Waals surface area contributed by atoms with Crippen LogP contribution in [0, 0.1) is 0 Å². The van der Waals surface area contributed by atoms with E-state index in [9.17, 15) is 24.0 Å². The minimum absolute atomic E-state index is 0.105. The molecule has 9 N–H and O–H groups in total. The van der Waals surface area contributed by atoms with Crippen molar-refractivity contribution in [2.24, 2.45) is 22.2 Å². The molecule has 1 saturated carbocycles. The summed E-state index contributed by atoms with van der Waals surface area (Å²) >= 11 is 0. The molecule has 0 radical (unpaired) electrons. The van der Waals surface area contributed by atoms with Crippen molar-refractivity contribution in [1.82, 2.24) is 20.5 Å². The molecule has 3 aromatic rings. The molecule has 0 saturated heterocycles. The molecule has 53 heavy (non-hydrogen) atoms. The average molecular weight is 724 g/mol. The third-order valence-electron chi connectivity index (χ3n) is 9.01. The summed E-state index contributed by atoms with van der Waals surface area (Å²) in [5, 5.41) is 8.20. The van der Waals surface area contributed by atoms with E-state index < -0.39 is 41.8 Å². The van der Waals surface area contributed by atoms with Gasteiger partial charge in [0.15, 0.2) is 5.96 Å². The lowest BCUT2D eigenvalue weighted by molar-refractivity contribution is -0.133. The molecule has 2 aromatic carbocycles. The van der Waals surface area contributed by atoms with Crippen molar-refractivity contribution in [3.63, 3.8) is 0 Å². The van der Waals surface area contributed by atoms with Crippen LogP contribution >= 0.6 is 0 Å². The van der Waals surface area contributed by atoms with Gasteiger partial charge in [-0.3, -0.25) is 29.0 Å². The maximum atomic E-state index is 14.1. The molecule has 1 aliphatic rings. The van der Waals surface area contributed by atoms with E-state index in [0.29, 0.717) is 19.3 Å². The summed E-state index contributed by atoms with van der Waals surface area (Å²) in [6.07, 6.45) is 9.33. The standard InChI is InChI=1S/C39H49N9O5/c1-26(36(51)45-31(18-11-23-43-39(41)42)37(52)46-32(35(40)50)24-28-14-7-3-8-15-28)48(30-16-9-4-10-17-30)38(53)29-20-21-33(44-25-29)47-34(49)22-19-27-12-5-2-6-13-27/h2-3,5-8,12-15,19-22,25-26,30-32H,4,9-11,16-18,23-24H2,1H3,(H2,40,50)(H,45,51)(H,46,52)(H4,41,42,43)(H,44,47,49)/t26-,31-,32-/m0/s1. The molecule has 5 amide bonds. The number of amides is 5. The van der Waals surface area contributed by atoms with Gasteiger partial charge in [-0.2, -0.15) is 0 Å². The topological polar surface area (TPSA) is 228 Å². The van der Waals surface area contributed by atoms with Crippen molar-refractivity contribution >= 4 is 47.4 Å². The van der Waals surface area contributed by atoms with Crippen LogP contribution in [0.3, 0.4) is 0 Å². The summed E-state index contributed by atoms with van der Waals surface area (Å²) in [5.41, 5.74) is 18.5. The highest BCUT2D eigenvalue weighted by Gasteiger charge is 2.35. The summed E-state index contributed by atoms with van der Waals surface area (Å²) in [7, 11) is 0. The van der Waals surface area contributed by atoms with Gasteiger partial charge in [0.2, 0.25) is 23.6 Å². The number of nitrogens with two attached hydrogens (primary N) is 3. The molecule has 0 bridgehead atoms. The van der Waals surface area contributed by atoms with E-state index >= 15 is 0 Å². The summed E-state index contributed by atoms with van der Waals surface area (Å²) < 4.78 is 0. The molecular formula is C39H49N9O5. The number of nitrogens with zero attached hydrogens (tertiary/aromatic N) is 3. The second-order valence-electron chi connectivity index (χ2n) is 13.0. The van der Waals surface area contributed by atoms with Crippen molar-refractivity contribution in [3.8, 4) is 0 Å². The Morgan fingerprint density at radius 2 is 1.53 bits per heavy atom. The Bertz CT molecular complexity index is 1740. The molecule has 0 spiro atoms. The minimum Gasteiger partial charge on any atom is -0.370 e. The lowest BCUT2D eigenvalue weighted by Crippen LogP contribution is -2.58. The number of hydrogen-bond acceptors (Lipinski definition) is 7. The molecular weight excluding hydrogens is 674 g/mol. The minimum atomic E-state index is -1.08. The number of primary amides is 1. The van der Waals surface area contributed by atoms with Crippen molar-refractivity contribution in [3.05, 3.63) is 102 Å². The molecule has 14 heteroatoms. The normalized spacial score (nSPS) is 14.7. The SMILES string of the molecule is C[C@@H](C(=O)N[C@@H](CCCN=C(N)N)C(=O)N[C@@H](Cc1ccccc1)C(N)=O)N(C(=O)c1ccc(NC(=O)C=Cc2ccccc2)nc1)C1CCCCC1. The first-order chi connectivity index (χ1) is 25.5. The lowest BCUT2D eigenvalue weighted by atomic mass is 9.92. The van der Waals surface area contributed by atoms with Gasteiger partial charge >= 0.3 is 0 Å². The third kappa shape index (κ3) is 12.6. The molecule has 4 rings (SSSR count). The zero-order valence-corrected chi connectivity index (χ0v) is 29.9. The predicted molar refractivity (Wildman–Crippen MR) is 204 cm³/mol. The van der Waals surface area contributed by atoms with Gasteiger partial charge in [0, 0.05) is 31.3 Å². The number of carbonyl (C=O) groups excluding carboxylic acids is 5. The smallest absolute Gasteiger partial charge is 0.256 e. The summed E-state index contributed by atoms with van der Waals surface area (Å²) in [5.74, 6) is -2.51. The van der Waals surface area contributed by atoms with Crippen molar-refractivity contribution in [2.45, 2.75) is 82.5 Å². The molecule has 1 fully saturated rings. The highest BCUT2D eigenvalue weighted by molar-refractivity contribution is 6.02. The fourth-order valence-electron chi connectivity index (χ4n) is 6.20. The second kappa shape index (κ2) is 20.1. The van der Waals surface area contributed by atoms with Gasteiger partial charge < -0.3 is 38.1 Å². The first kappa shape index (κ1) is 39.7. The van der Waals surface area contributed by atoms with E-state index in [0.717, 1.165) is 30.4 Å². The number of anilines is 1. The highest BCUT2D eigenvalue weighted by atomic mass is 16.2. The third-order valence-corrected chi connectivity index (χ3v) is 9.01. The Morgan fingerprint density at radius 1 is 0.868 bits per heavy atom. The maximum absolute atomic E-state index is 14.1. The number of aliphatic imine (C=N–C) groups is 1. The second-order valence-corrected chi connectivity index (χ2v) is 13.0. The molecule has 14 nitrogen and oxygen atoms in total. The summed E-state index contributed by atoms with van der Waals surface area (Å²) in [4.78, 5) is 76.4. The Morgan fingerprint density at radius 3 is 2.15 bits per heavy atom. The Labute approximate surface area is 309 Å². The lowest BCUT2D eigenvalue weighted by Gasteiger charge is -2.38. The van der Waals surface area contributed by atoms with Gasteiger partial charge in [0.1, 0.15) is 23.9 Å². The van der Waals surface area contributed by atoms with E-state index in [1.165, 1.54) is 18.3 Å². The first-order valence-electron chi connectivity index (χ1n) is 17.8. The summed E-state index contributed by atoms with van der Waals surface area (Å²) in [6, 6.07) is 18.3. The Kier molecular flexibility index (Phi) is 15.1. The van der Waals surface area contributed by atoms with Gasteiger partial charge in [0.05, 0.1) is 5.56 Å². The molecule has 0 unspecified atom stereocenters. The van der Waals surface area contributed by atoms with E-state index in [-0.39, 0.29) is 48.7 Å². The molecule has 0 aliphatic heterocycles. The van der Waals surface area contributed by atoms with Crippen LogP contribution in [0.25, 0.3) is 6.08 Å². The molecule has 280 valence electrons. The Hall–Kier alpha value is -6.05. The number of nitrogens with one attached hydrogen (secondary N) is 3. The Balaban J connectivity index is 1.49. The summed E-state index contributed by atoms with van der Waals surface area (Å²) in [6.45, 7) is 1.83. The van der Waals surface area contributed by atoms with Crippen LogP contribution < -0.4 is 33.2 Å². The van der Waals surface area contributed by atoms with E-state index in [2.05, 4.69) is 25.9 Å². The predicted octanol–water partition coefficient (Wildman–Crippen LogP) is 2.65. The van der Waals surface area contributed by atoms with Gasteiger partial charge in [-0.1, -0.05) is 79.9 Å². The zero-order valence-electron chi connectivity index (χ0n) is 29.9. The van der Waals surface area contributed by atoms with E-state index in [4.69, 9.17) is 17.2 Å². The van der Waals surface area contributed by atoms with Crippen molar-refractivity contribution in [1.29, 1.82) is 0 Å².